The number of rotatable bonds is 5. The maximum Gasteiger partial charge on any atom is 0.336 e. The first-order valence-electron chi connectivity index (χ1n) is 14.2. The Morgan fingerprint density at radius 1 is 1.21 bits per heavy atom. The van der Waals surface area contributed by atoms with Crippen molar-refractivity contribution in [3.05, 3.63) is 47.3 Å². The summed E-state index contributed by atoms with van der Waals surface area (Å²) in [5.41, 5.74) is 1.48. The number of ether oxygens (including phenoxy) is 1. The molecule has 39 heavy (non-hydrogen) atoms. The van der Waals surface area contributed by atoms with Gasteiger partial charge < -0.3 is 20.1 Å². The molecule has 2 aromatic rings. The predicted octanol–water partition coefficient (Wildman–Crippen LogP) is 4.13. The van der Waals surface area contributed by atoms with Crippen LogP contribution in [0.1, 0.15) is 70.1 Å². The number of hydrogen-bond donors (Lipinski definition) is 3. The molecule has 7 rings (SSSR count). The molecule has 5 aliphatic carbocycles. The first kappa shape index (κ1) is 25.4. The third-order valence-electron chi connectivity index (χ3n) is 11.2. The second kappa shape index (κ2) is 8.44. The Kier molecular flexibility index (Phi) is 5.49. The minimum absolute atomic E-state index is 0.00876. The van der Waals surface area contributed by atoms with Crippen LogP contribution < -0.4 is 0 Å². The molecule has 2 aromatic heterocycles. The summed E-state index contributed by atoms with van der Waals surface area (Å²) in [7, 11) is 0. The SMILES string of the molecule is CC12Cc3cnn(-c4ccc(F)nc4)c3C=C1CCC1C2C(O)CC2(C)C1CCC2(OC(O)C1CC1)C(=O)O. The third kappa shape index (κ3) is 3.48. The van der Waals surface area contributed by atoms with Crippen LogP contribution in [0.5, 0.6) is 0 Å². The van der Waals surface area contributed by atoms with Crippen molar-refractivity contribution in [2.75, 3.05) is 0 Å². The van der Waals surface area contributed by atoms with Gasteiger partial charge in [0.1, 0.15) is 0 Å². The van der Waals surface area contributed by atoms with Crippen molar-refractivity contribution >= 4 is 12.0 Å². The van der Waals surface area contributed by atoms with E-state index >= 15 is 0 Å². The van der Waals surface area contributed by atoms with Crippen molar-refractivity contribution < 1.29 is 29.2 Å². The molecular formula is C30H36FN3O5. The van der Waals surface area contributed by atoms with Gasteiger partial charge >= 0.3 is 5.97 Å². The topological polar surface area (TPSA) is 118 Å². The molecule has 0 radical (unpaired) electrons. The summed E-state index contributed by atoms with van der Waals surface area (Å²) in [6.45, 7) is 4.22. The van der Waals surface area contributed by atoms with E-state index in [9.17, 15) is 24.5 Å². The van der Waals surface area contributed by atoms with Gasteiger partial charge in [0.25, 0.3) is 0 Å². The Bertz CT molecular complexity index is 1350. The molecule has 8 atom stereocenters. The third-order valence-corrected chi connectivity index (χ3v) is 11.2. The van der Waals surface area contributed by atoms with Crippen LogP contribution in [0.3, 0.4) is 0 Å². The summed E-state index contributed by atoms with van der Waals surface area (Å²) in [5, 5.41) is 37.6. The number of aromatic nitrogens is 3. The molecule has 4 fully saturated rings. The zero-order valence-corrected chi connectivity index (χ0v) is 22.4. The van der Waals surface area contributed by atoms with Crippen LogP contribution in [0.4, 0.5) is 4.39 Å². The molecule has 8 unspecified atom stereocenters. The smallest absolute Gasteiger partial charge is 0.336 e. The van der Waals surface area contributed by atoms with E-state index in [1.807, 2.05) is 13.1 Å². The zero-order valence-electron chi connectivity index (χ0n) is 22.4. The molecule has 9 heteroatoms. The Balaban J connectivity index is 1.22. The minimum Gasteiger partial charge on any atom is -0.479 e. The number of aliphatic hydroxyl groups is 2. The Morgan fingerprint density at radius 2 is 2.00 bits per heavy atom. The van der Waals surface area contributed by atoms with Crippen molar-refractivity contribution in [1.82, 2.24) is 14.8 Å². The van der Waals surface area contributed by atoms with E-state index in [-0.39, 0.29) is 29.1 Å². The van der Waals surface area contributed by atoms with Gasteiger partial charge in [0.15, 0.2) is 11.9 Å². The Labute approximate surface area is 226 Å². The van der Waals surface area contributed by atoms with E-state index in [0.29, 0.717) is 24.9 Å². The molecule has 0 amide bonds. The minimum atomic E-state index is -1.49. The zero-order chi connectivity index (χ0) is 27.3. The molecule has 0 bridgehead atoms. The molecular weight excluding hydrogens is 501 g/mol. The van der Waals surface area contributed by atoms with Crippen molar-refractivity contribution in [2.45, 2.75) is 83.2 Å². The normalized spacial score (nSPS) is 39.7. The van der Waals surface area contributed by atoms with Crippen molar-refractivity contribution in [3.63, 3.8) is 0 Å². The fourth-order valence-corrected chi connectivity index (χ4v) is 9.15. The predicted molar refractivity (Wildman–Crippen MR) is 139 cm³/mol. The summed E-state index contributed by atoms with van der Waals surface area (Å²) in [5.74, 6) is -1.33. The second-order valence-electron chi connectivity index (χ2n) is 13.1. The van der Waals surface area contributed by atoms with E-state index in [1.165, 1.54) is 17.8 Å². The number of fused-ring (bicyclic) bond motifs is 6. The van der Waals surface area contributed by atoms with Gasteiger partial charge in [-0.3, -0.25) is 0 Å². The van der Waals surface area contributed by atoms with E-state index in [1.54, 1.807) is 10.7 Å². The van der Waals surface area contributed by atoms with Crippen LogP contribution in [0.25, 0.3) is 11.8 Å². The van der Waals surface area contributed by atoms with Crippen molar-refractivity contribution in [3.8, 4) is 5.69 Å². The monoisotopic (exact) mass is 537 g/mol. The number of carbonyl (C=O) groups is 1. The fourth-order valence-electron chi connectivity index (χ4n) is 9.15. The van der Waals surface area contributed by atoms with Crippen molar-refractivity contribution in [1.29, 1.82) is 0 Å². The van der Waals surface area contributed by atoms with Gasteiger partial charge in [-0.15, -0.1) is 0 Å². The first-order valence-corrected chi connectivity index (χ1v) is 14.2. The number of allylic oxidation sites excluding steroid dienone is 1. The quantitative estimate of drug-likeness (QED) is 0.388. The van der Waals surface area contributed by atoms with Crippen LogP contribution >= 0.6 is 0 Å². The largest absolute Gasteiger partial charge is 0.479 e. The molecule has 4 saturated carbocycles. The summed E-state index contributed by atoms with van der Waals surface area (Å²) < 4.78 is 21.3. The van der Waals surface area contributed by atoms with E-state index < -0.39 is 35.3 Å². The van der Waals surface area contributed by atoms with Crippen LogP contribution in [-0.4, -0.2) is 54.0 Å². The van der Waals surface area contributed by atoms with Gasteiger partial charge in [-0.25, -0.2) is 14.5 Å². The molecule has 0 spiro atoms. The highest BCUT2D eigenvalue weighted by molar-refractivity contribution is 5.79. The number of nitrogens with zero attached hydrogens (tertiary/aromatic N) is 3. The van der Waals surface area contributed by atoms with Gasteiger partial charge in [0.05, 0.1) is 29.9 Å². The molecule has 0 aromatic carbocycles. The molecule has 3 N–H and O–H groups in total. The van der Waals surface area contributed by atoms with Crippen LogP contribution in [0, 0.1) is 40.4 Å². The lowest BCUT2D eigenvalue weighted by Crippen LogP contribution is -2.63. The van der Waals surface area contributed by atoms with E-state index in [4.69, 9.17) is 4.74 Å². The summed E-state index contributed by atoms with van der Waals surface area (Å²) in [6, 6.07) is 3.00. The Hall–Kier alpha value is -2.62. The first-order chi connectivity index (χ1) is 18.6. The lowest BCUT2D eigenvalue weighted by atomic mass is 9.45. The van der Waals surface area contributed by atoms with E-state index in [0.717, 1.165) is 43.4 Å². The van der Waals surface area contributed by atoms with Crippen molar-refractivity contribution in [2.24, 2.45) is 34.5 Å². The maximum atomic E-state index is 13.4. The van der Waals surface area contributed by atoms with Crippen LogP contribution in [0.2, 0.25) is 0 Å². The molecule has 8 nitrogen and oxygen atoms in total. The van der Waals surface area contributed by atoms with Crippen LogP contribution in [-0.2, 0) is 16.0 Å². The summed E-state index contributed by atoms with van der Waals surface area (Å²) in [4.78, 5) is 16.6. The standard InChI is InChI=1S/C30H36FN3O5/c1-28-12-17-14-33-34(19-6-8-24(31)32-15-19)22(17)11-18(28)5-7-20-21-9-10-30(27(37)38,39-26(36)16-3-4-16)29(21,2)13-23(35)25(20)28/h6,8,11,14-16,20-21,23,25-26,35-36H,3-5,7,9-10,12-13H2,1-2H3,(H,37,38). The highest BCUT2D eigenvalue weighted by atomic mass is 19.1. The number of aliphatic carboxylic acids is 1. The molecule has 0 aliphatic heterocycles. The molecule has 0 saturated heterocycles. The Morgan fingerprint density at radius 3 is 2.69 bits per heavy atom. The van der Waals surface area contributed by atoms with Gasteiger partial charge in [0.2, 0.25) is 5.95 Å². The average Bonchev–Trinajstić information content (AvgIpc) is 3.60. The highest BCUT2D eigenvalue weighted by Crippen LogP contribution is 2.68. The number of carboxylic acids is 1. The number of hydrogen-bond acceptors (Lipinski definition) is 6. The lowest BCUT2D eigenvalue weighted by Gasteiger charge is -2.60. The van der Waals surface area contributed by atoms with E-state index in [2.05, 4.69) is 23.1 Å². The van der Waals surface area contributed by atoms with Gasteiger partial charge in [-0.2, -0.15) is 9.49 Å². The summed E-state index contributed by atoms with van der Waals surface area (Å²) >= 11 is 0. The second-order valence-corrected chi connectivity index (χ2v) is 13.1. The lowest BCUT2D eigenvalue weighted by molar-refractivity contribution is -0.254. The highest BCUT2D eigenvalue weighted by Gasteiger charge is 2.70. The van der Waals surface area contributed by atoms with Gasteiger partial charge in [0, 0.05) is 11.3 Å². The number of carboxylic acid groups (broad SMARTS) is 1. The van der Waals surface area contributed by atoms with Gasteiger partial charge in [-0.1, -0.05) is 19.4 Å². The molecule has 5 aliphatic rings. The van der Waals surface area contributed by atoms with Gasteiger partial charge in [-0.05, 0) is 98.3 Å². The molecule has 208 valence electrons. The fraction of sp³-hybridized carbons (Fsp3) is 0.633. The maximum absolute atomic E-state index is 13.4. The average molecular weight is 538 g/mol. The number of aliphatic hydroxyl groups excluding tert-OH is 2. The number of pyridine rings is 1. The summed E-state index contributed by atoms with van der Waals surface area (Å²) in [6.07, 6.45) is 9.32. The molecule has 2 heterocycles. The van der Waals surface area contributed by atoms with Crippen LogP contribution in [0.15, 0.2) is 30.1 Å². The number of halogens is 1.